The largest absolute Gasteiger partial charge is 0.465 e. The lowest BCUT2D eigenvalue weighted by atomic mass is 9.96. The standard InChI is InChI=1S/C26H33N3O5S/c1-27(19-21-9-3-5-11-23(21)28-15-7-8-16-28)25(30)20-13-17-29(18-14-20)35(32,33)24-12-6-4-10-22(24)26(31)34-2/h3-6,9-12,20H,7-8,13-19H2,1-2H3. The second kappa shape index (κ2) is 10.8. The summed E-state index contributed by atoms with van der Waals surface area (Å²) in [5.74, 6) is -0.889. The highest BCUT2D eigenvalue weighted by Gasteiger charge is 2.35. The average molecular weight is 500 g/mol. The first-order chi connectivity index (χ1) is 16.8. The molecule has 0 bridgehead atoms. The van der Waals surface area contributed by atoms with E-state index in [0.29, 0.717) is 19.4 Å². The summed E-state index contributed by atoms with van der Waals surface area (Å²) >= 11 is 0. The average Bonchev–Trinajstić information content (AvgIpc) is 3.43. The van der Waals surface area contributed by atoms with Gasteiger partial charge >= 0.3 is 5.97 Å². The van der Waals surface area contributed by atoms with Crippen molar-refractivity contribution in [2.24, 2.45) is 5.92 Å². The molecule has 0 saturated carbocycles. The molecule has 35 heavy (non-hydrogen) atoms. The van der Waals surface area contributed by atoms with E-state index < -0.39 is 16.0 Å². The first-order valence-corrected chi connectivity index (χ1v) is 13.5. The Kier molecular flexibility index (Phi) is 7.76. The third-order valence-electron chi connectivity index (χ3n) is 6.94. The molecule has 0 N–H and O–H groups in total. The Bertz CT molecular complexity index is 1170. The molecule has 2 aliphatic heterocycles. The number of esters is 1. The molecule has 4 rings (SSSR count). The highest BCUT2D eigenvalue weighted by Crippen LogP contribution is 2.29. The maximum absolute atomic E-state index is 13.3. The van der Waals surface area contributed by atoms with Crippen molar-refractivity contribution in [2.75, 3.05) is 45.2 Å². The van der Waals surface area contributed by atoms with Gasteiger partial charge in [0.25, 0.3) is 0 Å². The van der Waals surface area contributed by atoms with E-state index in [1.54, 1.807) is 17.0 Å². The maximum atomic E-state index is 13.3. The van der Waals surface area contributed by atoms with E-state index >= 15 is 0 Å². The van der Waals surface area contributed by atoms with E-state index in [0.717, 1.165) is 18.7 Å². The van der Waals surface area contributed by atoms with Gasteiger partial charge in [0.15, 0.2) is 0 Å². The van der Waals surface area contributed by atoms with Crippen molar-refractivity contribution in [3.63, 3.8) is 0 Å². The van der Waals surface area contributed by atoms with Crippen LogP contribution in [0.3, 0.4) is 0 Å². The van der Waals surface area contributed by atoms with Gasteiger partial charge in [0.2, 0.25) is 15.9 Å². The van der Waals surface area contributed by atoms with Crippen LogP contribution in [-0.2, 0) is 26.1 Å². The van der Waals surface area contributed by atoms with Crippen LogP contribution in [0, 0.1) is 5.92 Å². The summed E-state index contributed by atoms with van der Waals surface area (Å²) in [5.41, 5.74) is 2.34. The molecule has 2 aliphatic rings. The highest BCUT2D eigenvalue weighted by molar-refractivity contribution is 7.89. The fraction of sp³-hybridized carbons (Fsp3) is 0.462. The lowest BCUT2D eigenvalue weighted by Crippen LogP contribution is -2.43. The minimum absolute atomic E-state index is 0.0181. The third kappa shape index (κ3) is 5.36. The number of anilines is 1. The third-order valence-corrected chi connectivity index (χ3v) is 8.89. The van der Waals surface area contributed by atoms with Crippen molar-refractivity contribution in [3.8, 4) is 0 Å². The van der Waals surface area contributed by atoms with Crippen molar-refractivity contribution in [3.05, 3.63) is 59.7 Å². The number of amides is 1. The van der Waals surface area contributed by atoms with Crippen molar-refractivity contribution in [2.45, 2.75) is 37.1 Å². The van der Waals surface area contributed by atoms with Crippen LogP contribution in [0.5, 0.6) is 0 Å². The lowest BCUT2D eigenvalue weighted by Gasteiger charge is -2.33. The number of hydrogen-bond donors (Lipinski definition) is 0. The number of nitrogens with zero attached hydrogens (tertiary/aromatic N) is 3. The summed E-state index contributed by atoms with van der Waals surface area (Å²) in [4.78, 5) is 29.4. The van der Waals surface area contributed by atoms with Crippen LogP contribution in [0.1, 0.15) is 41.6 Å². The van der Waals surface area contributed by atoms with Gasteiger partial charge in [0.05, 0.1) is 17.6 Å². The quantitative estimate of drug-likeness (QED) is 0.544. The minimum Gasteiger partial charge on any atom is -0.465 e. The van der Waals surface area contributed by atoms with Crippen LogP contribution < -0.4 is 4.90 Å². The van der Waals surface area contributed by atoms with Gasteiger partial charge in [-0.05, 0) is 49.4 Å². The maximum Gasteiger partial charge on any atom is 0.339 e. The van der Waals surface area contributed by atoms with Gasteiger partial charge < -0.3 is 14.5 Å². The minimum atomic E-state index is -3.88. The fourth-order valence-electron chi connectivity index (χ4n) is 5.01. The number of sulfonamides is 1. The number of carbonyl (C=O) groups excluding carboxylic acids is 2. The zero-order chi connectivity index (χ0) is 25.0. The van der Waals surface area contributed by atoms with Crippen LogP contribution in [0.2, 0.25) is 0 Å². The molecule has 2 saturated heterocycles. The van der Waals surface area contributed by atoms with Crippen molar-refractivity contribution < 1.29 is 22.7 Å². The summed E-state index contributed by atoms with van der Waals surface area (Å²) in [6.45, 7) is 3.07. The number of methoxy groups -OCH3 is 1. The molecule has 0 radical (unpaired) electrons. The first-order valence-electron chi connectivity index (χ1n) is 12.1. The topological polar surface area (TPSA) is 87.2 Å². The number of carbonyl (C=O) groups is 2. The van der Waals surface area contributed by atoms with E-state index in [1.807, 2.05) is 19.2 Å². The van der Waals surface area contributed by atoms with Gasteiger partial charge in [0.1, 0.15) is 0 Å². The normalized spacial score (nSPS) is 17.4. The van der Waals surface area contributed by atoms with E-state index in [4.69, 9.17) is 4.74 Å². The highest BCUT2D eigenvalue weighted by atomic mass is 32.2. The molecule has 0 spiro atoms. The van der Waals surface area contributed by atoms with E-state index in [2.05, 4.69) is 17.0 Å². The zero-order valence-electron chi connectivity index (χ0n) is 20.4. The molecule has 9 heteroatoms. The predicted octanol–water partition coefficient (Wildman–Crippen LogP) is 3.13. The van der Waals surface area contributed by atoms with E-state index in [-0.39, 0.29) is 35.4 Å². The summed E-state index contributed by atoms with van der Waals surface area (Å²) in [6, 6.07) is 14.3. The molecule has 0 unspecified atom stereocenters. The van der Waals surface area contributed by atoms with Gasteiger partial charge in [-0.1, -0.05) is 30.3 Å². The number of benzene rings is 2. The summed E-state index contributed by atoms with van der Waals surface area (Å²) in [7, 11) is -0.835. The molecule has 188 valence electrons. The van der Waals surface area contributed by atoms with Crippen molar-refractivity contribution >= 4 is 27.6 Å². The number of ether oxygens (including phenoxy) is 1. The Balaban J connectivity index is 1.40. The number of para-hydroxylation sites is 1. The number of piperidine rings is 1. The first kappa shape index (κ1) is 25.2. The summed E-state index contributed by atoms with van der Waals surface area (Å²) in [6.07, 6.45) is 3.26. The second-order valence-corrected chi connectivity index (χ2v) is 11.1. The van der Waals surface area contributed by atoms with Gasteiger partial charge in [-0.25, -0.2) is 13.2 Å². The molecular formula is C26H33N3O5S. The van der Waals surface area contributed by atoms with Gasteiger partial charge in [0, 0.05) is 51.4 Å². The fourth-order valence-corrected chi connectivity index (χ4v) is 6.66. The van der Waals surface area contributed by atoms with E-state index in [1.165, 1.54) is 42.1 Å². The van der Waals surface area contributed by atoms with Gasteiger partial charge in [-0.3, -0.25) is 4.79 Å². The lowest BCUT2D eigenvalue weighted by molar-refractivity contribution is -0.135. The molecule has 1 amide bonds. The Morgan fingerprint density at radius 3 is 2.29 bits per heavy atom. The molecule has 2 aromatic rings. The summed E-state index contributed by atoms with van der Waals surface area (Å²) in [5, 5.41) is 0. The summed E-state index contributed by atoms with van der Waals surface area (Å²) < 4.78 is 32.6. The monoisotopic (exact) mass is 499 g/mol. The Morgan fingerprint density at radius 1 is 0.971 bits per heavy atom. The Hall–Kier alpha value is -2.91. The van der Waals surface area contributed by atoms with Crippen LogP contribution in [0.15, 0.2) is 53.4 Å². The molecule has 2 aromatic carbocycles. The smallest absolute Gasteiger partial charge is 0.339 e. The zero-order valence-corrected chi connectivity index (χ0v) is 21.2. The Morgan fingerprint density at radius 2 is 1.60 bits per heavy atom. The number of rotatable bonds is 7. The van der Waals surface area contributed by atoms with Crippen LogP contribution in [-0.4, -0.2) is 69.8 Å². The van der Waals surface area contributed by atoms with Crippen molar-refractivity contribution in [1.82, 2.24) is 9.21 Å². The van der Waals surface area contributed by atoms with Gasteiger partial charge in [-0.15, -0.1) is 0 Å². The van der Waals surface area contributed by atoms with Crippen LogP contribution in [0.25, 0.3) is 0 Å². The van der Waals surface area contributed by atoms with Crippen LogP contribution >= 0.6 is 0 Å². The molecule has 0 atom stereocenters. The molecule has 2 fully saturated rings. The molecule has 0 aliphatic carbocycles. The molecule has 8 nitrogen and oxygen atoms in total. The SMILES string of the molecule is COC(=O)c1ccccc1S(=O)(=O)N1CCC(C(=O)N(C)Cc2ccccc2N2CCCC2)CC1. The Labute approximate surface area is 207 Å². The molecule has 0 aromatic heterocycles. The van der Waals surface area contributed by atoms with Gasteiger partial charge in [-0.2, -0.15) is 4.31 Å². The van der Waals surface area contributed by atoms with Crippen molar-refractivity contribution in [1.29, 1.82) is 0 Å². The predicted molar refractivity (Wildman–Crippen MR) is 134 cm³/mol. The van der Waals surface area contributed by atoms with E-state index in [9.17, 15) is 18.0 Å². The number of hydrogen-bond acceptors (Lipinski definition) is 6. The molecule has 2 heterocycles. The van der Waals surface area contributed by atoms with Crippen LogP contribution in [0.4, 0.5) is 5.69 Å². The molecular weight excluding hydrogens is 466 g/mol. The second-order valence-electron chi connectivity index (χ2n) is 9.18.